The fourth-order valence-corrected chi connectivity index (χ4v) is 4.31. The van der Waals surface area contributed by atoms with Crippen LogP contribution in [-0.4, -0.2) is 30.6 Å². The minimum Gasteiger partial charge on any atom is -0.372 e. The first-order valence-corrected chi connectivity index (χ1v) is 10.7. The van der Waals surface area contributed by atoms with Crippen LogP contribution in [0.4, 0.5) is 5.69 Å². The topological polar surface area (TPSA) is 52.6 Å². The van der Waals surface area contributed by atoms with E-state index in [-0.39, 0.29) is 6.04 Å². The van der Waals surface area contributed by atoms with Gasteiger partial charge in [-0.25, -0.2) is 9.98 Å². The van der Waals surface area contributed by atoms with Crippen LogP contribution in [0.2, 0.25) is 0 Å². The average molecular weight is 386 g/mol. The van der Waals surface area contributed by atoms with Crippen molar-refractivity contribution in [2.75, 3.05) is 24.5 Å². The van der Waals surface area contributed by atoms with Gasteiger partial charge in [-0.05, 0) is 58.2 Å². The molecule has 1 aromatic heterocycles. The second kappa shape index (κ2) is 9.22. The summed E-state index contributed by atoms with van der Waals surface area (Å²) in [5, 5.41) is 8.02. The number of hydrogen-bond donors (Lipinski definition) is 2. The van der Waals surface area contributed by atoms with Gasteiger partial charge in [0.15, 0.2) is 5.96 Å². The number of thiazole rings is 1. The molecule has 1 fully saturated rings. The number of aryl methyl sites for hydroxylation is 2. The number of hydrogen-bond acceptors (Lipinski definition) is 4. The quantitative estimate of drug-likeness (QED) is 0.579. The third-order valence-electron chi connectivity index (χ3n) is 4.92. The van der Waals surface area contributed by atoms with Gasteiger partial charge in [-0.2, -0.15) is 0 Å². The van der Waals surface area contributed by atoms with Gasteiger partial charge in [0.2, 0.25) is 0 Å². The van der Waals surface area contributed by atoms with Crippen LogP contribution in [0.15, 0.2) is 29.3 Å². The maximum absolute atomic E-state index is 4.78. The van der Waals surface area contributed by atoms with E-state index in [1.165, 1.54) is 42.1 Å². The summed E-state index contributed by atoms with van der Waals surface area (Å²) in [6.07, 6.45) is 2.59. The number of benzene rings is 1. The van der Waals surface area contributed by atoms with Crippen molar-refractivity contribution < 1.29 is 0 Å². The van der Waals surface area contributed by atoms with Crippen molar-refractivity contribution in [1.82, 2.24) is 15.6 Å². The Hall–Kier alpha value is -2.08. The molecule has 0 spiro atoms. The third-order valence-corrected chi connectivity index (χ3v) is 5.98. The van der Waals surface area contributed by atoms with Crippen LogP contribution in [0, 0.1) is 13.8 Å². The summed E-state index contributed by atoms with van der Waals surface area (Å²) < 4.78 is 0. The molecule has 0 radical (unpaired) electrons. The zero-order chi connectivity index (χ0) is 19.2. The van der Waals surface area contributed by atoms with Gasteiger partial charge in [-0.1, -0.05) is 12.1 Å². The highest BCUT2D eigenvalue weighted by atomic mass is 32.1. The molecule has 1 aliphatic heterocycles. The maximum Gasteiger partial charge on any atom is 0.192 e. The smallest absolute Gasteiger partial charge is 0.192 e. The fraction of sp³-hybridized carbons (Fsp3) is 0.524. The van der Waals surface area contributed by atoms with Crippen LogP contribution >= 0.6 is 11.3 Å². The normalized spacial score (nSPS) is 15.9. The highest BCUT2D eigenvalue weighted by molar-refractivity contribution is 7.11. The minimum atomic E-state index is 0.189. The molecule has 2 heterocycles. The Balaban J connectivity index is 1.69. The van der Waals surface area contributed by atoms with Gasteiger partial charge in [0.1, 0.15) is 0 Å². The number of rotatable bonds is 6. The minimum absolute atomic E-state index is 0.189. The Kier molecular flexibility index (Phi) is 6.72. The number of aliphatic imine (C=N–C) groups is 1. The summed E-state index contributed by atoms with van der Waals surface area (Å²) >= 11 is 1.73. The van der Waals surface area contributed by atoms with E-state index in [9.17, 15) is 0 Å². The summed E-state index contributed by atoms with van der Waals surface area (Å²) in [7, 11) is 0. The van der Waals surface area contributed by atoms with Gasteiger partial charge < -0.3 is 15.5 Å². The highest BCUT2D eigenvalue weighted by Crippen LogP contribution is 2.24. The van der Waals surface area contributed by atoms with Crippen molar-refractivity contribution in [1.29, 1.82) is 0 Å². The molecule has 1 atom stereocenters. The van der Waals surface area contributed by atoms with E-state index in [0.29, 0.717) is 6.54 Å². The molecular weight excluding hydrogens is 354 g/mol. The molecule has 27 heavy (non-hydrogen) atoms. The monoisotopic (exact) mass is 385 g/mol. The van der Waals surface area contributed by atoms with E-state index in [2.05, 4.69) is 65.6 Å². The van der Waals surface area contributed by atoms with Gasteiger partial charge in [-0.3, -0.25) is 0 Å². The first-order chi connectivity index (χ1) is 13.1. The number of aromatic nitrogens is 1. The molecule has 3 rings (SSSR count). The molecule has 146 valence electrons. The van der Waals surface area contributed by atoms with Crippen LogP contribution in [-0.2, 0) is 6.54 Å². The van der Waals surface area contributed by atoms with E-state index in [4.69, 9.17) is 4.99 Å². The second-order valence-electron chi connectivity index (χ2n) is 7.09. The van der Waals surface area contributed by atoms with E-state index < -0.39 is 0 Å². The first-order valence-electron chi connectivity index (χ1n) is 9.89. The van der Waals surface area contributed by atoms with Gasteiger partial charge in [-0.15, -0.1) is 11.3 Å². The zero-order valence-electron chi connectivity index (χ0n) is 16.9. The predicted molar refractivity (Wildman–Crippen MR) is 116 cm³/mol. The van der Waals surface area contributed by atoms with Crippen molar-refractivity contribution in [3.8, 4) is 0 Å². The van der Waals surface area contributed by atoms with Gasteiger partial charge >= 0.3 is 0 Å². The molecular formula is C21H31N5S. The Bertz CT molecular complexity index is 777. The Morgan fingerprint density at radius 1 is 1.30 bits per heavy atom. The molecule has 1 aromatic carbocycles. The molecule has 6 heteroatoms. The number of nitrogens with zero attached hydrogens (tertiary/aromatic N) is 3. The van der Waals surface area contributed by atoms with E-state index >= 15 is 0 Å². The molecule has 0 saturated carbocycles. The largest absolute Gasteiger partial charge is 0.372 e. The van der Waals surface area contributed by atoms with Crippen molar-refractivity contribution >= 4 is 23.0 Å². The third kappa shape index (κ3) is 5.22. The summed E-state index contributed by atoms with van der Waals surface area (Å²) in [6, 6.07) is 9.07. The molecule has 0 aliphatic carbocycles. The van der Waals surface area contributed by atoms with Gasteiger partial charge in [0, 0.05) is 30.2 Å². The lowest BCUT2D eigenvalue weighted by molar-refractivity contribution is 0.686. The maximum atomic E-state index is 4.78. The van der Waals surface area contributed by atoms with Crippen LogP contribution in [0.5, 0.6) is 0 Å². The lowest BCUT2D eigenvalue weighted by atomic mass is 10.1. The summed E-state index contributed by atoms with van der Waals surface area (Å²) in [6.45, 7) is 12.2. The SMILES string of the molecule is CCNC(=NCc1sc(C)nc1C)NC(C)c1cccc(N2CCCC2)c1. The molecule has 5 nitrogen and oxygen atoms in total. The number of guanidine groups is 1. The second-order valence-corrected chi connectivity index (χ2v) is 8.38. The lowest BCUT2D eigenvalue weighted by Gasteiger charge is -2.22. The first kappa shape index (κ1) is 19.7. The van der Waals surface area contributed by atoms with Crippen molar-refractivity contribution in [2.24, 2.45) is 4.99 Å². The van der Waals surface area contributed by atoms with E-state index in [1.807, 2.05) is 6.92 Å². The Morgan fingerprint density at radius 3 is 2.74 bits per heavy atom. The molecule has 0 amide bonds. The van der Waals surface area contributed by atoms with Gasteiger partial charge in [0.05, 0.1) is 23.3 Å². The Morgan fingerprint density at radius 2 is 2.07 bits per heavy atom. The standard InChI is InChI=1S/C21H31N5S/c1-5-22-21(23-14-20-16(3)24-17(4)27-20)25-15(2)18-9-8-10-19(13-18)26-11-6-7-12-26/h8-10,13,15H,5-7,11-12,14H2,1-4H3,(H2,22,23,25). The molecule has 2 aromatic rings. The Labute approximate surface area is 166 Å². The van der Waals surface area contributed by atoms with Crippen molar-refractivity contribution in [2.45, 2.75) is 53.1 Å². The average Bonchev–Trinajstić information content (AvgIpc) is 3.29. The van der Waals surface area contributed by atoms with Crippen LogP contribution in [0.1, 0.15) is 53.9 Å². The molecule has 2 N–H and O–H groups in total. The molecule has 1 unspecified atom stereocenters. The van der Waals surface area contributed by atoms with Crippen LogP contribution in [0.3, 0.4) is 0 Å². The summed E-state index contributed by atoms with van der Waals surface area (Å²) in [5.74, 6) is 0.849. The van der Waals surface area contributed by atoms with E-state index in [1.54, 1.807) is 11.3 Å². The molecule has 1 aliphatic rings. The zero-order valence-corrected chi connectivity index (χ0v) is 17.7. The number of anilines is 1. The lowest BCUT2D eigenvalue weighted by Crippen LogP contribution is -2.38. The summed E-state index contributed by atoms with van der Waals surface area (Å²) in [4.78, 5) is 13.0. The predicted octanol–water partition coefficient (Wildman–Crippen LogP) is 4.18. The van der Waals surface area contributed by atoms with E-state index in [0.717, 1.165) is 23.2 Å². The van der Waals surface area contributed by atoms with Crippen molar-refractivity contribution in [3.63, 3.8) is 0 Å². The van der Waals surface area contributed by atoms with Gasteiger partial charge in [0.25, 0.3) is 0 Å². The van der Waals surface area contributed by atoms with Crippen LogP contribution < -0.4 is 15.5 Å². The molecule has 1 saturated heterocycles. The van der Waals surface area contributed by atoms with Crippen LogP contribution in [0.25, 0.3) is 0 Å². The fourth-order valence-electron chi connectivity index (χ4n) is 3.45. The number of nitrogens with one attached hydrogen (secondary N) is 2. The highest BCUT2D eigenvalue weighted by Gasteiger charge is 2.14. The molecule has 0 bridgehead atoms. The summed E-state index contributed by atoms with van der Waals surface area (Å²) in [5.41, 5.74) is 3.70. The van der Waals surface area contributed by atoms with Crippen molar-refractivity contribution in [3.05, 3.63) is 45.4 Å².